The summed E-state index contributed by atoms with van der Waals surface area (Å²) in [5, 5.41) is 0. The zero-order valence-corrected chi connectivity index (χ0v) is 5.88. The first-order valence-corrected chi connectivity index (χ1v) is 3.22. The Kier molecular flexibility index (Phi) is 2.15. The van der Waals surface area contributed by atoms with Gasteiger partial charge in [-0.2, -0.15) is 0 Å². The fraction of sp³-hybridized carbons (Fsp3) is 0.250. The summed E-state index contributed by atoms with van der Waals surface area (Å²) in [6, 6.07) is 0. The number of hydrogen-bond acceptors (Lipinski definition) is 2. The van der Waals surface area contributed by atoms with E-state index >= 15 is 0 Å². The van der Waals surface area contributed by atoms with Gasteiger partial charge in [0.05, 0.1) is 11.4 Å². The highest BCUT2D eigenvalue weighted by Crippen LogP contribution is 2.08. The van der Waals surface area contributed by atoms with Gasteiger partial charge in [-0.3, -0.25) is 9.98 Å². The molecule has 0 radical (unpaired) electrons. The van der Waals surface area contributed by atoms with E-state index in [0.717, 1.165) is 18.6 Å². The predicted octanol–water partition coefficient (Wildman–Crippen LogP) is 1.95. The van der Waals surface area contributed by atoms with Crippen molar-refractivity contribution in [3.63, 3.8) is 0 Å². The van der Waals surface area contributed by atoms with Crippen LogP contribution >= 0.6 is 0 Å². The Bertz CT molecular complexity index is 211. The number of nitrogens with zero attached hydrogens (tertiary/aromatic N) is 2. The summed E-state index contributed by atoms with van der Waals surface area (Å²) >= 11 is 0. The van der Waals surface area contributed by atoms with Gasteiger partial charge in [0.2, 0.25) is 0 Å². The lowest BCUT2D eigenvalue weighted by Crippen LogP contribution is -2.00. The van der Waals surface area contributed by atoms with Crippen molar-refractivity contribution in [3.8, 4) is 0 Å². The molecule has 0 aromatic heterocycles. The summed E-state index contributed by atoms with van der Waals surface area (Å²) in [5.74, 6) is 0. The first kappa shape index (κ1) is 6.93. The van der Waals surface area contributed by atoms with E-state index in [1.54, 1.807) is 6.20 Å². The van der Waals surface area contributed by atoms with E-state index in [4.69, 9.17) is 0 Å². The van der Waals surface area contributed by atoms with Crippen LogP contribution in [0.3, 0.4) is 0 Å². The molecule has 1 rings (SSSR count). The molecule has 1 heterocycles. The average molecular weight is 134 g/mol. The van der Waals surface area contributed by atoms with Gasteiger partial charge < -0.3 is 0 Å². The highest BCUT2D eigenvalue weighted by Gasteiger charge is 2.02. The number of aliphatic imine (C=N–C) groups is 2. The Labute approximate surface area is 60.7 Å². The molecular weight excluding hydrogens is 124 g/mol. The lowest BCUT2D eigenvalue weighted by Gasteiger charge is -2.04. The van der Waals surface area contributed by atoms with Crippen LogP contribution in [-0.4, -0.2) is 12.4 Å². The van der Waals surface area contributed by atoms with Gasteiger partial charge in [0, 0.05) is 6.20 Å². The standard InChI is InChI=1S/C8H10N2/c1-7(9-2)8-5-3-4-6-10-8/h4,6H,1-3,5H2. The van der Waals surface area contributed by atoms with Crippen LogP contribution in [0.1, 0.15) is 12.8 Å². The van der Waals surface area contributed by atoms with Gasteiger partial charge in [-0.05, 0) is 19.6 Å². The molecule has 52 valence electrons. The lowest BCUT2D eigenvalue weighted by molar-refractivity contribution is 1.05. The Balaban J connectivity index is 2.71. The van der Waals surface area contributed by atoms with Crippen molar-refractivity contribution in [2.24, 2.45) is 9.98 Å². The first-order chi connectivity index (χ1) is 4.84. The maximum absolute atomic E-state index is 4.10. The zero-order chi connectivity index (χ0) is 7.40. The molecule has 0 spiro atoms. The zero-order valence-electron chi connectivity index (χ0n) is 5.88. The minimum Gasteiger partial charge on any atom is -0.263 e. The molecule has 0 atom stereocenters. The van der Waals surface area contributed by atoms with Crippen LogP contribution in [0, 0.1) is 0 Å². The van der Waals surface area contributed by atoms with E-state index in [2.05, 4.69) is 23.3 Å². The van der Waals surface area contributed by atoms with Gasteiger partial charge in [-0.25, -0.2) is 0 Å². The third kappa shape index (κ3) is 1.41. The van der Waals surface area contributed by atoms with Crippen LogP contribution in [0.25, 0.3) is 0 Å². The first-order valence-electron chi connectivity index (χ1n) is 3.22. The molecule has 2 heteroatoms. The molecule has 0 N–H and O–H groups in total. The van der Waals surface area contributed by atoms with Crippen LogP contribution in [0.2, 0.25) is 0 Å². The molecule has 0 aliphatic carbocycles. The second-order valence-corrected chi connectivity index (χ2v) is 2.10. The van der Waals surface area contributed by atoms with E-state index in [1.165, 1.54) is 0 Å². The smallest absolute Gasteiger partial charge is 0.0765 e. The lowest BCUT2D eigenvalue weighted by atomic mass is 10.1. The molecule has 0 bridgehead atoms. The molecule has 0 amide bonds. The van der Waals surface area contributed by atoms with Crippen molar-refractivity contribution in [1.82, 2.24) is 0 Å². The minimum absolute atomic E-state index is 0.698. The van der Waals surface area contributed by atoms with Gasteiger partial charge >= 0.3 is 0 Å². The highest BCUT2D eigenvalue weighted by atomic mass is 14.8. The van der Waals surface area contributed by atoms with E-state index in [0.29, 0.717) is 5.70 Å². The normalized spacial score (nSPS) is 16.2. The summed E-state index contributed by atoms with van der Waals surface area (Å²) in [5.41, 5.74) is 1.65. The molecule has 0 aromatic carbocycles. The molecule has 0 saturated carbocycles. The quantitative estimate of drug-likeness (QED) is 0.516. The molecule has 0 fully saturated rings. The summed E-state index contributed by atoms with van der Waals surface area (Å²) < 4.78 is 0. The van der Waals surface area contributed by atoms with Gasteiger partial charge in [-0.1, -0.05) is 12.7 Å². The van der Waals surface area contributed by atoms with Gasteiger partial charge in [0.15, 0.2) is 0 Å². The molecule has 0 aromatic rings. The van der Waals surface area contributed by atoms with Crippen LogP contribution in [-0.2, 0) is 0 Å². The molecule has 1 aliphatic heterocycles. The maximum atomic E-state index is 4.10. The molecule has 10 heavy (non-hydrogen) atoms. The Morgan fingerprint density at radius 3 is 3.00 bits per heavy atom. The van der Waals surface area contributed by atoms with E-state index < -0.39 is 0 Å². The molecule has 0 saturated heterocycles. The van der Waals surface area contributed by atoms with Crippen molar-refractivity contribution in [1.29, 1.82) is 0 Å². The second kappa shape index (κ2) is 3.11. The fourth-order valence-corrected chi connectivity index (χ4v) is 0.812. The average Bonchev–Trinajstić information content (AvgIpc) is 2.05. The van der Waals surface area contributed by atoms with Gasteiger partial charge in [-0.15, -0.1) is 0 Å². The highest BCUT2D eigenvalue weighted by molar-refractivity contribution is 6.00. The van der Waals surface area contributed by atoms with Crippen molar-refractivity contribution in [2.45, 2.75) is 12.8 Å². The van der Waals surface area contributed by atoms with Crippen molar-refractivity contribution in [2.75, 3.05) is 0 Å². The van der Waals surface area contributed by atoms with Crippen molar-refractivity contribution in [3.05, 3.63) is 24.6 Å². The Morgan fingerprint density at radius 1 is 1.70 bits per heavy atom. The van der Waals surface area contributed by atoms with Gasteiger partial charge in [0.1, 0.15) is 0 Å². The largest absolute Gasteiger partial charge is 0.263 e. The topological polar surface area (TPSA) is 24.7 Å². The summed E-state index contributed by atoms with van der Waals surface area (Å²) in [7, 11) is 0. The second-order valence-electron chi connectivity index (χ2n) is 2.10. The SMILES string of the molecule is C=NC(=C)C1=NC=CCC1. The van der Waals surface area contributed by atoms with E-state index in [9.17, 15) is 0 Å². The third-order valence-electron chi connectivity index (χ3n) is 1.41. The summed E-state index contributed by atoms with van der Waals surface area (Å²) in [4.78, 5) is 7.81. The third-order valence-corrected chi connectivity index (χ3v) is 1.41. The van der Waals surface area contributed by atoms with Crippen LogP contribution in [0.15, 0.2) is 34.5 Å². The molecule has 2 nitrogen and oxygen atoms in total. The minimum atomic E-state index is 0.698. The summed E-state index contributed by atoms with van der Waals surface area (Å²) in [6.45, 7) is 7.08. The predicted molar refractivity (Wildman–Crippen MR) is 44.5 cm³/mol. The molecular formula is C8H10N2. The Morgan fingerprint density at radius 2 is 2.50 bits per heavy atom. The van der Waals surface area contributed by atoms with Crippen molar-refractivity contribution >= 4 is 12.4 Å². The fourth-order valence-electron chi connectivity index (χ4n) is 0.812. The number of rotatable bonds is 2. The summed E-state index contributed by atoms with van der Waals surface area (Å²) in [6.07, 6.45) is 5.79. The maximum Gasteiger partial charge on any atom is 0.0765 e. The van der Waals surface area contributed by atoms with Crippen molar-refractivity contribution < 1.29 is 0 Å². The number of hydrogen-bond donors (Lipinski definition) is 0. The van der Waals surface area contributed by atoms with Crippen LogP contribution < -0.4 is 0 Å². The van der Waals surface area contributed by atoms with Gasteiger partial charge in [0.25, 0.3) is 0 Å². The monoisotopic (exact) mass is 134 g/mol. The number of allylic oxidation sites excluding steroid dienone is 2. The van der Waals surface area contributed by atoms with Crippen LogP contribution in [0.5, 0.6) is 0 Å². The van der Waals surface area contributed by atoms with Crippen LogP contribution in [0.4, 0.5) is 0 Å². The van der Waals surface area contributed by atoms with E-state index in [1.807, 2.05) is 6.08 Å². The Hall–Kier alpha value is -1.18. The molecule has 1 aliphatic rings. The molecule has 0 unspecified atom stereocenters. The van der Waals surface area contributed by atoms with E-state index in [-0.39, 0.29) is 0 Å².